The smallest absolute Gasteiger partial charge is 0.357 e. The first-order chi connectivity index (χ1) is 13.0. The van der Waals surface area contributed by atoms with Crippen LogP contribution in [0.1, 0.15) is 12.2 Å². The lowest BCUT2D eigenvalue weighted by molar-refractivity contribution is -0.137. The summed E-state index contributed by atoms with van der Waals surface area (Å²) in [6.45, 7) is 0.115. The second kappa shape index (κ2) is 7.17. The third kappa shape index (κ3) is 3.89. The van der Waals surface area contributed by atoms with Gasteiger partial charge in [0.05, 0.1) is 12.9 Å². The van der Waals surface area contributed by atoms with Gasteiger partial charge in [0.1, 0.15) is 10.1 Å². The molecule has 0 radical (unpaired) electrons. The summed E-state index contributed by atoms with van der Waals surface area (Å²) in [6, 6.07) is 12.7. The van der Waals surface area contributed by atoms with E-state index in [0.29, 0.717) is 18.0 Å². The molecule has 9 heteroatoms. The van der Waals surface area contributed by atoms with E-state index in [9.17, 15) is 4.79 Å². The van der Waals surface area contributed by atoms with Crippen molar-refractivity contribution in [3.8, 4) is 11.4 Å². The molecule has 0 bridgehead atoms. The molecule has 2 aromatic heterocycles. The van der Waals surface area contributed by atoms with E-state index in [1.54, 1.807) is 12.1 Å². The Kier molecular flexibility index (Phi) is 4.72. The van der Waals surface area contributed by atoms with E-state index >= 15 is 0 Å². The second-order valence-electron chi connectivity index (χ2n) is 6.09. The van der Waals surface area contributed by atoms with Gasteiger partial charge in [-0.2, -0.15) is 4.68 Å². The third-order valence-corrected chi connectivity index (χ3v) is 5.06. The number of tetrazole rings is 1. The largest absolute Gasteiger partial charge is 0.465 e. The molecule has 1 atom stereocenters. The van der Waals surface area contributed by atoms with Gasteiger partial charge in [0.2, 0.25) is 0 Å². The van der Waals surface area contributed by atoms with E-state index in [1.807, 2.05) is 30.3 Å². The average Bonchev–Trinajstić information content (AvgIpc) is 3.11. The molecule has 1 fully saturated rings. The molecule has 1 aliphatic rings. The number of aromatic nitrogens is 4. The van der Waals surface area contributed by atoms with Crippen LogP contribution in [0.2, 0.25) is 0 Å². The van der Waals surface area contributed by atoms with Crippen LogP contribution < -0.4 is 0 Å². The van der Waals surface area contributed by atoms with Gasteiger partial charge in [0.15, 0.2) is 11.5 Å². The fourth-order valence-electron chi connectivity index (χ4n) is 2.53. The summed E-state index contributed by atoms with van der Waals surface area (Å²) in [6.07, 6.45) is 3.61. The Labute approximate surface area is 164 Å². The molecule has 2 heterocycles. The lowest BCUT2D eigenvalue weighted by Crippen LogP contribution is -2.16. The minimum absolute atomic E-state index is 0.0860. The molecule has 0 aliphatic heterocycles. The molecule has 3 aromatic rings. The predicted molar refractivity (Wildman–Crippen MR) is 99.6 cm³/mol. The van der Waals surface area contributed by atoms with E-state index in [1.165, 1.54) is 17.0 Å². The first kappa shape index (κ1) is 17.8. The topological polar surface area (TPSA) is 83.0 Å². The number of benzene rings is 1. The van der Waals surface area contributed by atoms with E-state index in [2.05, 4.69) is 15.5 Å². The van der Waals surface area contributed by atoms with Crippen molar-refractivity contribution in [2.24, 2.45) is 5.92 Å². The Morgan fingerprint density at radius 3 is 2.74 bits per heavy atom. The molecular weight excluding hydrogens is 391 g/mol. The van der Waals surface area contributed by atoms with Crippen molar-refractivity contribution in [3.05, 3.63) is 54.5 Å². The van der Waals surface area contributed by atoms with Crippen LogP contribution in [0.3, 0.4) is 0 Å². The fourth-order valence-corrected chi connectivity index (χ4v) is 3.03. The number of carbonyl (C=O) groups excluding carboxylic acids is 1. The highest BCUT2D eigenvalue weighted by Gasteiger charge is 2.52. The highest BCUT2D eigenvalue weighted by atomic mass is 35.5. The number of rotatable bonds is 6. The number of hydrogen-bond donors (Lipinski definition) is 0. The lowest BCUT2D eigenvalue weighted by atomic mass is 10.2. The Morgan fingerprint density at radius 2 is 2.07 bits per heavy atom. The first-order valence-corrected chi connectivity index (χ1v) is 8.94. The quantitative estimate of drug-likeness (QED) is 0.354. The van der Waals surface area contributed by atoms with Gasteiger partial charge in [-0.25, -0.2) is 4.79 Å². The summed E-state index contributed by atoms with van der Waals surface area (Å²) in [4.78, 5) is 12.8. The third-order valence-electron chi connectivity index (χ3n) is 4.13. The van der Waals surface area contributed by atoms with Gasteiger partial charge in [-0.1, -0.05) is 30.3 Å². The van der Waals surface area contributed by atoms with Gasteiger partial charge < -0.3 is 9.15 Å². The van der Waals surface area contributed by atoms with Crippen LogP contribution in [-0.4, -0.2) is 37.1 Å². The molecule has 0 saturated heterocycles. The zero-order valence-electron chi connectivity index (χ0n) is 14.0. The summed E-state index contributed by atoms with van der Waals surface area (Å²) in [7, 11) is 0. The summed E-state index contributed by atoms with van der Waals surface area (Å²) in [5.41, 5.74) is 0.868. The van der Waals surface area contributed by atoms with Gasteiger partial charge in [-0.15, -0.1) is 28.3 Å². The molecular formula is C18H14Cl2N4O3. The minimum Gasteiger partial charge on any atom is -0.465 e. The summed E-state index contributed by atoms with van der Waals surface area (Å²) in [5.74, 6) is 0.178. The number of carbonyl (C=O) groups is 1. The Balaban J connectivity index is 1.65. The maximum absolute atomic E-state index is 12.8. The zero-order chi connectivity index (χ0) is 18.9. The van der Waals surface area contributed by atoms with Gasteiger partial charge in [0.25, 0.3) is 0 Å². The van der Waals surface area contributed by atoms with Crippen LogP contribution in [0.25, 0.3) is 23.2 Å². The fraction of sp³-hybridized carbons (Fsp3) is 0.222. The minimum atomic E-state index is -0.824. The normalized spacial score (nSPS) is 18.3. The molecule has 4 rings (SSSR count). The zero-order valence-corrected chi connectivity index (χ0v) is 15.5. The highest BCUT2D eigenvalue weighted by Crippen LogP contribution is 2.53. The number of nitrogens with zero attached hydrogens (tertiary/aromatic N) is 4. The Morgan fingerprint density at radius 1 is 1.30 bits per heavy atom. The first-order valence-electron chi connectivity index (χ1n) is 8.19. The monoisotopic (exact) mass is 404 g/mol. The Hall–Kier alpha value is -2.64. The molecule has 0 N–H and O–H groups in total. The van der Waals surface area contributed by atoms with E-state index < -0.39 is 10.3 Å². The molecule has 0 amide bonds. The van der Waals surface area contributed by atoms with Crippen LogP contribution in [0, 0.1) is 5.92 Å². The molecule has 1 aliphatic carbocycles. The maximum Gasteiger partial charge on any atom is 0.357 e. The molecule has 0 unspecified atom stereocenters. The van der Waals surface area contributed by atoms with Gasteiger partial charge in [-0.3, -0.25) is 0 Å². The van der Waals surface area contributed by atoms with E-state index in [0.717, 1.165) is 5.56 Å². The molecule has 7 nitrogen and oxygen atoms in total. The van der Waals surface area contributed by atoms with Crippen molar-refractivity contribution in [1.29, 1.82) is 0 Å². The van der Waals surface area contributed by atoms with Crippen LogP contribution in [0.5, 0.6) is 0 Å². The van der Waals surface area contributed by atoms with Crippen LogP contribution in [-0.2, 0) is 9.53 Å². The SMILES string of the molecule is O=C(OC[C@H]1CC1(Cl)Cl)/C(=C/c1ccco1)n1nnnc1-c1ccccc1. The molecule has 138 valence electrons. The van der Waals surface area contributed by atoms with Gasteiger partial charge >= 0.3 is 5.97 Å². The van der Waals surface area contributed by atoms with Crippen molar-refractivity contribution >= 4 is 40.9 Å². The standard InChI is InChI=1S/C18H14Cl2N4O3/c19-18(20)10-13(18)11-27-17(25)15(9-14-7-4-8-26-14)24-16(21-22-23-24)12-5-2-1-3-6-12/h1-9,13H,10-11H2/b15-9-/t13-/m1/s1. The van der Waals surface area contributed by atoms with Gasteiger partial charge in [0, 0.05) is 17.6 Å². The van der Waals surface area contributed by atoms with Crippen LogP contribution in [0.4, 0.5) is 0 Å². The van der Waals surface area contributed by atoms with Crippen molar-refractivity contribution in [3.63, 3.8) is 0 Å². The molecule has 27 heavy (non-hydrogen) atoms. The maximum atomic E-state index is 12.8. The van der Waals surface area contributed by atoms with Gasteiger partial charge in [-0.05, 0) is 29.0 Å². The summed E-state index contributed by atoms with van der Waals surface area (Å²) >= 11 is 12.0. The van der Waals surface area contributed by atoms with Crippen molar-refractivity contribution < 1.29 is 13.9 Å². The van der Waals surface area contributed by atoms with Crippen LogP contribution in [0.15, 0.2) is 53.1 Å². The van der Waals surface area contributed by atoms with Crippen molar-refractivity contribution in [2.75, 3.05) is 6.61 Å². The van der Waals surface area contributed by atoms with Crippen molar-refractivity contribution in [2.45, 2.75) is 10.8 Å². The number of alkyl halides is 2. The van der Waals surface area contributed by atoms with Crippen LogP contribution >= 0.6 is 23.2 Å². The highest BCUT2D eigenvalue weighted by molar-refractivity contribution is 6.50. The summed E-state index contributed by atoms with van der Waals surface area (Å²) < 4.78 is 11.2. The number of furan rings is 1. The number of ether oxygens (including phenoxy) is 1. The number of esters is 1. The average molecular weight is 405 g/mol. The van der Waals surface area contributed by atoms with Crippen molar-refractivity contribution in [1.82, 2.24) is 20.2 Å². The number of halogens is 2. The van der Waals surface area contributed by atoms with E-state index in [4.69, 9.17) is 32.4 Å². The predicted octanol–water partition coefficient (Wildman–Crippen LogP) is 3.67. The molecule has 0 spiro atoms. The lowest BCUT2D eigenvalue weighted by Gasteiger charge is -2.10. The number of hydrogen-bond acceptors (Lipinski definition) is 6. The van der Waals surface area contributed by atoms with E-state index in [-0.39, 0.29) is 18.2 Å². The molecule has 1 aromatic carbocycles. The Bertz CT molecular complexity index is 968. The molecule has 1 saturated carbocycles. The summed E-state index contributed by atoms with van der Waals surface area (Å²) in [5, 5.41) is 11.7. The second-order valence-corrected chi connectivity index (χ2v) is 7.63.